The van der Waals surface area contributed by atoms with E-state index in [1.54, 1.807) is 17.2 Å². The Bertz CT molecular complexity index is 1600. The van der Waals surface area contributed by atoms with Crippen molar-refractivity contribution >= 4 is 39.1 Å². The van der Waals surface area contributed by atoms with Crippen LogP contribution >= 0.6 is 15.9 Å². The number of nitrogens with zero attached hydrogens (tertiary/aromatic N) is 5. The van der Waals surface area contributed by atoms with Gasteiger partial charge in [0.1, 0.15) is 17.3 Å². The summed E-state index contributed by atoms with van der Waals surface area (Å²) in [6.07, 6.45) is 1.68. The third kappa shape index (κ3) is 5.55. The predicted octanol–water partition coefficient (Wildman–Crippen LogP) is 5.04. The van der Waals surface area contributed by atoms with Gasteiger partial charge in [0.15, 0.2) is 6.61 Å². The van der Waals surface area contributed by atoms with Crippen LogP contribution in [-0.2, 0) is 17.9 Å². The summed E-state index contributed by atoms with van der Waals surface area (Å²) in [6.45, 7) is 6.17. The molecular weight excluding hydrogens is 579 g/mol. The Morgan fingerprint density at radius 1 is 1.18 bits per heavy atom. The maximum Gasteiger partial charge on any atom is 0.265 e. The molecule has 0 spiro atoms. The highest BCUT2D eigenvalue weighted by atomic mass is 79.9. The first-order valence-electron chi connectivity index (χ1n) is 12.7. The number of fused-ring (bicyclic) bond motifs is 1. The number of nitrogens with two attached hydrogens (primary N) is 1. The molecule has 0 fully saturated rings. The second-order valence-corrected chi connectivity index (χ2v) is 10.9. The van der Waals surface area contributed by atoms with Gasteiger partial charge < -0.3 is 15.4 Å². The van der Waals surface area contributed by atoms with Gasteiger partial charge in [0.2, 0.25) is 0 Å². The number of ether oxygens (including phenoxy) is 1. The largest absolute Gasteiger partial charge is 0.481 e. The first-order chi connectivity index (χ1) is 19.1. The Morgan fingerprint density at radius 2 is 1.98 bits per heavy atom. The van der Waals surface area contributed by atoms with Crippen molar-refractivity contribution in [1.29, 1.82) is 0 Å². The molecule has 4 aromatic rings. The lowest BCUT2D eigenvalue weighted by molar-refractivity contribution is -0.121. The zero-order chi connectivity index (χ0) is 28.6. The van der Waals surface area contributed by atoms with Gasteiger partial charge in [0.25, 0.3) is 11.8 Å². The summed E-state index contributed by atoms with van der Waals surface area (Å²) in [5, 5.41) is 8.55. The molecule has 9 nitrogen and oxygen atoms in total. The Morgan fingerprint density at radius 3 is 2.73 bits per heavy atom. The minimum Gasteiger partial charge on any atom is -0.481 e. The normalized spacial score (nSPS) is 12.8. The quantitative estimate of drug-likeness (QED) is 0.296. The van der Waals surface area contributed by atoms with Crippen LogP contribution < -0.4 is 15.4 Å². The smallest absolute Gasteiger partial charge is 0.265 e. The fourth-order valence-corrected chi connectivity index (χ4v) is 5.00. The van der Waals surface area contributed by atoms with Crippen molar-refractivity contribution in [3.63, 3.8) is 0 Å². The average molecular weight is 607 g/mol. The van der Waals surface area contributed by atoms with Crippen LogP contribution in [0.5, 0.6) is 5.75 Å². The van der Waals surface area contributed by atoms with E-state index >= 15 is 0 Å². The van der Waals surface area contributed by atoms with Crippen LogP contribution in [0.1, 0.15) is 41.0 Å². The van der Waals surface area contributed by atoms with Gasteiger partial charge >= 0.3 is 0 Å². The molecule has 11 heteroatoms. The molecule has 206 valence electrons. The summed E-state index contributed by atoms with van der Waals surface area (Å²) in [5.74, 6) is -0.855. The molecule has 0 unspecified atom stereocenters. The molecule has 2 amide bonds. The van der Waals surface area contributed by atoms with E-state index in [1.807, 2.05) is 57.2 Å². The molecule has 0 bridgehead atoms. The summed E-state index contributed by atoms with van der Waals surface area (Å²) >= 11 is 3.50. The van der Waals surface area contributed by atoms with Gasteiger partial charge in [-0.15, -0.1) is 5.10 Å². The van der Waals surface area contributed by atoms with Crippen molar-refractivity contribution in [2.24, 2.45) is 0 Å². The number of benzene rings is 3. The number of aryl methyl sites for hydroxylation is 1. The summed E-state index contributed by atoms with van der Waals surface area (Å²) in [5.41, 5.74) is 9.48. The molecule has 1 aliphatic heterocycles. The van der Waals surface area contributed by atoms with Crippen LogP contribution in [0.4, 0.5) is 15.8 Å². The first kappa shape index (κ1) is 27.3. The van der Waals surface area contributed by atoms with Crippen molar-refractivity contribution in [1.82, 2.24) is 19.9 Å². The molecule has 2 N–H and O–H groups in total. The summed E-state index contributed by atoms with van der Waals surface area (Å²) in [4.78, 5) is 29.8. The fourth-order valence-electron chi connectivity index (χ4n) is 4.55. The molecular formula is C29H28BrFN6O3. The van der Waals surface area contributed by atoms with E-state index in [0.717, 1.165) is 15.6 Å². The highest BCUT2D eigenvalue weighted by Crippen LogP contribution is 2.36. The van der Waals surface area contributed by atoms with E-state index in [0.29, 0.717) is 29.2 Å². The standard InChI is InChI=1S/C29H28BrFN6O3/c1-17(2)35(13-19-5-4-6-20(30)10-19)29(39)22-8-7-18(3)9-25(22)37-15-21(33-34-37)14-36-26-12-24(32)23(31)11-27(26)40-16-28(36)38/h4-12,15,17H,13-14,16,32H2,1-3H3. The van der Waals surface area contributed by atoms with Gasteiger partial charge in [-0.05, 0) is 62.2 Å². The lowest BCUT2D eigenvalue weighted by atomic mass is 10.1. The van der Waals surface area contributed by atoms with E-state index in [4.69, 9.17) is 10.5 Å². The number of nitrogen functional groups attached to an aromatic ring is 1. The van der Waals surface area contributed by atoms with E-state index in [2.05, 4.69) is 26.2 Å². The first-order valence-corrected chi connectivity index (χ1v) is 13.5. The monoisotopic (exact) mass is 606 g/mol. The highest BCUT2D eigenvalue weighted by molar-refractivity contribution is 9.10. The fraction of sp³-hybridized carbons (Fsp3) is 0.241. The number of anilines is 2. The number of hydrogen-bond acceptors (Lipinski definition) is 6. The average Bonchev–Trinajstić information content (AvgIpc) is 3.38. The highest BCUT2D eigenvalue weighted by Gasteiger charge is 2.28. The third-order valence-corrected chi connectivity index (χ3v) is 7.13. The minimum absolute atomic E-state index is 0.0587. The lowest BCUT2D eigenvalue weighted by Crippen LogP contribution is -2.38. The number of carbonyl (C=O) groups is 2. The number of amides is 2. The van der Waals surface area contributed by atoms with Crippen LogP contribution in [0, 0.1) is 12.7 Å². The topological polar surface area (TPSA) is 107 Å². The zero-order valence-electron chi connectivity index (χ0n) is 22.3. The predicted molar refractivity (Wildman–Crippen MR) is 153 cm³/mol. The number of aromatic nitrogens is 3. The Hall–Kier alpha value is -4.25. The van der Waals surface area contributed by atoms with Gasteiger partial charge in [0.05, 0.1) is 35.4 Å². The molecule has 0 saturated heterocycles. The van der Waals surface area contributed by atoms with Gasteiger partial charge in [0, 0.05) is 23.1 Å². The maximum atomic E-state index is 14.0. The van der Waals surface area contributed by atoms with Crippen LogP contribution in [0.2, 0.25) is 0 Å². The van der Waals surface area contributed by atoms with Crippen LogP contribution in [0.3, 0.4) is 0 Å². The number of rotatable bonds is 7. The Balaban J connectivity index is 1.45. The van der Waals surface area contributed by atoms with E-state index in [9.17, 15) is 14.0 Å². The number of carbonyl (C=O) groups excluding carboxylic acids is 2. The Labute approximate surface area is 239 Å². The second-order valence-electron chi connectivity index (χ2n) is 9.94. The zero-order valence-corrected chi connectivity index (χ0v) is 23.9. The maximum absolute atomic E-state index is 14.0. The summed E-state index contributed by atoms with van der Waals surface area (Å²) in [6, 6.07) is 15.9. The lowest BCUT2D eigenvalue weighted by Gasteiger charge is -2.29. The van der Waals surface area contributed by atoms with Crippen molar-refractivity contribution in [2.75, 3.05) is 17.2 Å². The molecule has 0 radical (unpaired) electrons. The molecule has 3 aromatic carbocycles. The van der Waals surface area contributed by atoms with E-state index in [1.165, 1.54) is 21.7 Å². The van der Waals surface area contributed by atoms with Crippen molar-refractivity contribution in [2.45, 2.75) is 39.9 Å². The Kier molecular flexibility index (Phi) is 7.57. The van der Waals surface area contributed by atoms with E-state index in [-0.39, 0.29) is 42.4 Å². The molecule has 0 aliphatic carbocycles. The molecule has 1 aliphatic rings. The third-order valence-electron chi connectivity index (χ3n) is 6.64. The molecule has 1 aromatic heterocycles. The SMILES string of the molecule is Cc1ccc(C(=O)N(Cc2cccc(Br)c2)C(C)C)c(-n2cc(CN3C(=O)COc4cc(F)c(N)cc43)nn2)c1. The summed E-state index contributed by atoms with van der Waals surface area (Å²) < 4.78 is 21.8. The van der Waals surface area contributed by atoms with Gasteiger partial charge in [-0.2, -0.15) is 0 Å². The van der Waals surface area contributed by atoms with Crippen LogP contribution in [0.25, 0.3) is 5.69 Å². The van der Waals surface area contributed by atoms with Gasteiger partial charge in [-0.1, -0.05) is 39.3 Å². The number of halogens is 2. The minimum atomic E-state index is -0.619. The van der Waals surface area contributed by atoms with Gasteiger partial charge in [-0.25, -0.2) is 9.07 Å². The molecule has 0 atom stereocenters. The van der Waals surface area contributed by atoms with Crippen molar-refractivity contribution in [3.8, 4) is 11.4 Å². The summed E-state index contributed by atoms with van der Waals surface area (Å²) in [7, 11) is 0. The second kappa shape index (κ2) is 11.1. The van der Waals surface area contributed by atoms with Crippen molar-refractivity contribution < 1.29 is 18.7 Å². The molecule has 0 saturated carbocycles. The molecule has 5 rings (SSSR count). The van der Waals surface area contributed by atoms with Crippen LogP contribution in [0.15, 0.2) is 65.3 Å². The number of hydrogen-bond donors (Lipinski definition) is 1. The van der Waals surface area contributed by atoms with Crippen molar-refractivity contribution in [3.05, 3.63) is 93.5 Å². The van der Waals surface area contributed by atoms with E-state index < -0.39 is 5.82 Å². The molecule has 2 heterocycles. The van der Waals surface area contributed by atoms with Crippen LogP contribution in [-0.4, -0.2) is 44.4 Å². The molecule has 40 heavy (non-hydrogen) atoms. The van der Waals surface area contributed by atoms with Gasteiger partial charge in [-0.3, -0.25) is 14.5 Å².